The number of aromatic nitrogens is 2. The molecule has 2 heterocycles. The van der Waals surface area contributed by atoms with Crippen LogP contribution in [0.1, 0.15) is 17.3 Å². The van der Waals surface area contributed by atoms with E-state index < -0.39 is 6.10 Å². The molecular weight excluding hydrogens is 332 g/mol. The molecule has 1 N–H and O–H groups in total. The van der Waals surface area contributed by atoms with E-state index in [1.54, 1.807) is 36.7 Å². The molecule has 0 unspecified atom stereocenters. The molecule has 7 heteroatoms. The molecule has 1 fully saturated rings. The highest BCUT2D eigenvalue weighted by Gasteiger charge is 2.20. The predicted molar refractivity (Wildman–Crippen MR) is 98.6 cm³/mol. The fourth-order valence-electron chi connectivity index (χ4n) is 2.93. The average Bonchev–Trinajstić information content (AvgIpc) is 2.68. The van der Waals surface area contributed by atoms with Gasteiger partial charge in [0.25, 0.3) is 0 Å². The molecule has 1 aliphatic rings. The Morgan fingerprint density at radius 3 is 2.62 bits per heavy atom. The third kappa shape index (κ3) is 5.00. The van der Waals surface area contributed by atoms with Crippen LogP contribution in [0, 0.1) is 0 Å². The van der Waals surface area contributed by atoms with Gasteiger partial charge in [0.15, 0.2) is 5.78 Å². The summed E-state index contributed by atoms with van der Waals surface area (Å²) >= 11 is 0. The first-order chi connectivity index (χ1) is 12.6. The third-order valence-corrected chi connectivity index (χ3v) is 4.36. The fourth-order valence-corrected chi connectivity index (χ4v) is 2.93. The summed E-state index contributed by atoms with van der Waals surface area (Å²) in [5.74, 6) is 1.35. The maximum Gasteiger partial charge on any atom is 0.225 e. The number of ketones is 1. The van der Waals surface area contributed by atoms with Gasteiger partial charge in [-0.05, 0) is 25.1 Å². The molecule has 1 aromatic carbocycles. The van der Waals surface area contributed by atoms with Crippen LogP contribution < -0.4 is 9.64 Å². The van der Waals surface area contributed by atoms with Crippen molar-refractivity contribution in [1.29, 1.82) is 0 Å². The molecule has 3 rings (SSSR count). The van der Waals surface area contributed by atoms with Gasteiger partial charge in [-0.15, -0.1) is 0 Å². The lowest BCUT2D eigenvalue weighted by Crippen LogP contribution is -2.49. The summed E-state index contributed by atoms with van der Waals surface area (Å²) in [7, 11) is 0. The second-order valence-electron chi connectivity index (χ2n) is 6.39. The van der Waals surface area contributed by atoms with Gasteiger partial charge in [0, 0.05) is 50.7 Å². The van der Waals surface area contributed by atoms with Crippen LogP contribution in [-0.2, 0) is 0 Å². The zero-order valence-electron chi connectivity index (χ0n) is 14.9. The third-order valence-electron chi connectivity index (χ3n) is 4.36. The van der Waals surface area contributed by atoms with E-state index in [2.05, 4.69) is 19.8 Å². The number of hydrogen-bond acceptors (Lipinski definition) is 7. The van der Waals surface area contributed by atoms with E-state index in [-0.39, 0.29) is 12.4 Å². The Hall–Kier alpha value is -2.51. The van der Waals surface area contributed by atoms with Gasteiger partial charge < -0.3 is 14.7 Å². The first-order valence-corrected chi connectivity index (χ1v) is 8.78. The molecule has 1 atom stereocenters. The van der Waals surface area contributed by atoms with Crippen molar-refractivity contribution >= 4 is 11.7 Å². The first kappa shape index (κ1) is 18.3. The lowest BCUT2D eigenvalue weighted by atomic mass is 10.1. The minimum Gasteiger partial charge on any atom is -0.491 e. The number of benzene rings is 1. The van der Waals surface area contributed by atoms with Gasteiger partial charge in [-0.2, -0.15) is 0 Å². The van der Waals surface area contributed by atoms with E-state index in [9.17, 15) is 9.90 Å². The SMILES string of the molecule is CC(=O)c1cccc(OC[C@@H](O)CN2CCN(c3ncccn3)CC2)c1. The van der Waals surface area contributed by atoms with Gasteiger partial charge in [0.1, 0.15) is 18.5 Å². The van der Waals surface area contributed by atoms with Crippen molar-refractivity contribution in [3.05, 3.63) is 48.3 Å². The number of ether oxygens (including phenoxy) is 1. The largest absolute Gasteiger partial charge is 0.491 e. The van der Waals surface area contributed by atoms with Crippen molar-refractivity contribution in [1.82, 2.24) is 14.9 Å². The highest BCUT2D eigenvalue weighted by Crippen LogP contribution is 2.14. The van der Waals surface area contributed by atoms with Crippen LogP contribution >= 0.6 is 0 Å². The van der Waals surface area contributed by atoms with E-state index in [1.807, 2.05) is 6.07 Å². The lowest BCUT2D eigenvalue weighted by molar-refractivity contribution is 0.0662. The number of anilines is 1. The summed E-state index contributed by atoms with van der Waals surface area (Å²) in [6.07, 6.45) is 2.91. The molecule has 1 saturated heterocycles. The van der Waals surface area contributed by atoms with Crippen LogP contribution in [0.3, 0.4) is 0 Å². The molecule has 0 radical (unpaired) electrons. The summed E-state index contributed by atoms with van der Waals surface area (Å²) in [5.41, 5.74) is 0.608. The second kappa shape index (κ2) is 8.73. The Kier molecular flexibility index (Phi) is 6.14. The van der Waals surface area contributed by atoms with Gasteiger partial charge in [0.05, 0.1) is 0 Å². The monoisotopic (exact) mass is 356 g/mol. The van der Waals surface area contributed by atoms with Gasteiger partial charge >= 0.3 is 0 Å². The average molecular weight is 356 g/mol. The number of hydrogen-bond donors (Lipinski definition) is 1. The van der Waals surface area contributed by atoms with Crippen molar-refractivity contribution in [3.63, 3.8) is 0 Å². The number of rotatable bonds is 7. The Labute approximate surface area is 153 Å². The molecule has 0 aliphatic carbocycles. The van der Waals surface area contributed by atoms with E-state index in [0.717, 1.165) is 32.1 Å². The summed E-state index contributed by atoms with van der Waals surface area (Å²) in [6.45, 7) is 5.62. The van der Waals surface area contributed by atoms with E-state index in [1.165, 1.54) is 6.92 Å². The van der Waals surface area contributed by atoms with E-state index in [4.69, 9.17) is 4.74 Å². The quantitative estimate of drug-likeness (QED) is 0.748. The number of piperazine rings is 1. The van der Waals surface area contributed by atoms with Crippen LogP contribution in [0.4, 0.5) is 5.95 Å². The van der Waals surface area contributed by atoms with Gasteiger partial charge in [-0.3, -0.25) is 9.69 Å². The second-order valence-corrected chi connectivity index (χ2v) is 6.39. The topological polar surface area (TPSA) is 78.8 Å². The summed E-state index contributed by atoms with van der Waals surface area (Å²) in [4.78, 5) is 24.3. The van der Waals surface area contributed by atoms with Crippen LogP contribution in [0.15, 0.2) is 42.7 Å². The lowest BCUT2D eigenvalue weighted by Gasteiger charge is -2.35. The smallest absolute Gasteiger partial charge is 0.225 e. The number of nitrogens with zero attached hydrogens (tertiary/aromatic N) is 4. The number of β-amino-alcohol motifs (C(OH)–C–C–N with tert-alkyl or cyclic N) is 1. The zero-order chi connectivity index (χ0) is 18.4. The minimum absolute atomic E-state index is 0.00346. The molecule has 2 aromatic rings. The normalized spacial score (nSPS) is 16.3. The van der Waals surface area contributed by atoms with Crippen LogP contribution in [0.2, 0.25) is 0 Å². The highest BCUT2D eigenvalue weighted by atomic mass is 16.5. The molecular formula is C19H24N4O3. The molecule has 0 saturated carbocycles. The number of carbonyl (C=O) groups excluding carboxylic acids is 1. The molecule has 1 aliphatic heterocycles. The van der Waals surface area contributed by atoms with E-state index >= 15 is 0 Å². The Morgan fingerprint density at radius 2 is 1.92 bits per heavy atom. The van der Waals surface area contributed by atoms with Crippen molar-refractivity contribution in [3.8, 4) is 5.75 Å². The molecule has 7 nitrogen and oxygen atoms in total. The highest BCUT2D eigenvalue weighted by molar-refractivity contribution is 5.94. The van der Waals surface area contributed by atoms with Crippen molar-refractivity contribution < 1.29 is 14.6 Å². The molecule has 0 bridgehead atoms. The fraction of sp³-hybridized carbons (Fsp3) is 0.421. The predicted octanol–water partition coefficient (Wildman–Crippen LogP) is 1.24. The number of aliphatic hydroxyl groups excluding tert-OH is 1. The molecule has 26 heavy (non-hydrogen) atoms. The standard InChI is InChI=1S/C19H24N4O3/c1-15(24)16-4-2-5-18(12-16)26-14-17(25)13-22-8-10-23(11-9-22)19-20-6-3-7-21-19/h2-7,12,17,25H,8-11,13-14H2,1H3/t17-/m0/s1. The maximum absolute atomic E-state index is 11.4. The summed E-state index contributed by atoms with van der Waals surface area (Å²) in [5, 5.41) is 10.3. The van der Waals surface area contributed by atoms with Crippen molar-refractivity contribution in [2.24, 2.45) is 0 Å². The van der Waals surface area contributed by atoms with Gasteiger partial charge in [-0.1, -0.05) is 12.1 Å². The molecule has 0 spiro atoms. The Bertz CT molecular complexity index is 718. The Morgan fingerprint density at radius 1 is 1.19 bits per heavy atom. The number of aliphatic hydroxyl groups is 1. The van der Waals surface area contributed by atoms with Gasteiger partial charge in [-0.25, -0.2) is 9.97 Å². The molecule has 138 valence electrons. The maximum atomic E-state index is 11.4. The van der Waals surface area contributed by atoms with Crippen LogP contribution in [0.25, 0.3) is 0 Å². The van der Waals surface area contributed by atoms with Crippen molar-refractivity contribution in [2.45, 2.75) is 13.0 Å². The van der Waals surface area contributed by atoms with Crippen LogP contribution in [0.5, 0.6) is 5.75 Å². The van der Waals surface area contributed by atoms with E-state index in [0.29, 0.717) is 17.9 Å². The number of carbonyl (C=O) groups is 1. The van der Waals surface area contributed by atoms with Gasteiger partial charge in [0.2, 0.25) is 5.95 Å². The van der Waals surface area contributed by atoms with Crippen molar-refractivity contribution in [2.75, 3.05) is 44.2 Å². The minimum atomic E-state index is -0.587. The number of Topliss-reactive ketones (excluding diaryl/α,β-unsaturated/α-hetero) is 1. The first-order valence-electron chi connectivity index (χ1n) is 8.78. The van der Waals surface area contributed by atoms with Crippen LogP contribution in [-0.4, -0.2) is 71.2 Å². The molecule has 1 aromatic heterocycles. The zero-order valence-corrected chi connectivity index (χ0v) is 14.9. The summed E-state index contributed by atoms with van der Waals surface area (Å²) < 4.78 is 5.63. The Balaban J connectivity index is 1.42. The summed E-state index contributed by atoms with van der Waals surface area (Å²) in [6, 6.07) is 8.83. The molecule has 0 amide bonds.